The monoisotopic (exact) mass is 450 g/mol. The zero-order valence-corrected chi connectivity index (χ0v) is 17.4. The molecule has 12 heteroatoms. The molecule has 170 valence electrons. The first-order valence-electron chi connectivity index (χ1n) is 8.63. The second-order valence-corrected chi connectivity index (χ2v) is 5.55. The van der Waals surface area contributed by atoms with Crippen LogP contribution in [0.15, 0.2) is 36.4 Å². The van der Waals surface area contributed by atoms with Crippen LogP contribution in [-0.2, 0) is 18.9 Å². The van der Waals surface area contributed by atoms with Crippen molar-refractivity contribution in [2.24, 2.45) is 0 Å². The van der Waals surface area contributed by atoms with Gasteiger partial charge >= 0.3 is 24.6 Å². The number of hydrogen-bond donors (Lipinski definition) is 0. The van der Waals surface area contributed by atoms with E-state index in [4.69, 9.17) is 18.9 Å². The van der Waals surface area contributed by atoms with Crippen LogP contribution < -0.4 is 18.9 Å². The molecule has 2 rings (SSSR count). The van der Waals surface area contributed by atoms with Crippen LogP contribution in [0.3, 0.4) is 0 Å². The number of rotatable bonds is 5. The lowest BCUT2D eigenvalue weighted by atomic mass is 10.0. The Hall–Kier alpha value is -4.48. The minimum atomic E-state index is -1.06. The Kier molecular flexibility index (Phi) is 8.22. The van der Waals surface area contributed by atoms with Gasteiger partial charge in [0.1, 0.15) is 0 Å². The quantitative estimate of drug-likeness (QED) is 0.370. The Bertz CT molecular complexity index is 932. The Labute approximate surface area is 181 Å². The van der Waals surface area contributed by atoms with Gasteiger partial charge in [-0.15, -0.1) is 0 Å². The Morgan fingerprint density at radius 1 is 0.469 bits per heavy atom. The molecule has 0 fully saturated rings. The van der Waals surface area contributed by atoms with Crippen LogP contribution in [-0.4, -0.2) is 53.1 Å². The Morgan fingerprint density at radius 3 is 1.03 bits per heavy atom. The molecule has 2 aromatic carbocycles. The first kappa shape index (κ1) is 23.8. The fourth-order valence-corrected chi connectivity index (χ4v) is 2.23. The highest BCUT2D eigenvalue weighted by Crippen LogP contribution is 2.37. The summed E-state index contributed by atoms with van der Waals surface area (Å²) in [6.45, 7) is 0. The highest BCUT2D eigenvalue weighted by molar-refractivity contribution is 5.76. The third-order valence-electron chi connectivity index (χ3n) is 3.66. The minimum absolute atomic E-state index is 0.123. The highest BCUT2D eigenvalue weighted by atomic mass is 16.8. The summed E-state index contributed by atoms with van der Waals surface area (Å²) in [7, 11) is 4.42. The molecule has 0 aliphatic heterocycles. The van der Waals surface area contributed by atoms with E-state index >= 15 is 0 Å². The molecule has 0 aliphatic carbocycles. The Balaban J connectivity index is 2.49. The van der Waals surface area contributed by atoms with Crippen molar-refractivity contribution in [2.45, 2.75) is 0 Å². The van der Waals surface area contributed by atoms with Crippen LogP contribution in [0.1, 0.15) is 0 Å². The average Bonchev–Trinajstić information content (AvgIpc) is 2.80. The summed E-state index contributed by atoms with van der Waals surface area (Å²) in [6, 6.07) is 8.41. The van der Waals surface area contributed by atoms with E-state index in [0.29, 0.717) is 11.1 Å². The van der Waals surface area contributed by atoms with E-state index in [-0.39, 0.29) is 23.0 Å². The van der Waals surface area contributed by atoms with E-state index in [1.54, 1.807) is 0 Å². The lowest BCUT2D eigenvalue weighted by Crippen LogP contribution is -2.12. The number of carbonyl (C=O) groups excluding carboxylic acids is 4. The normalized spacial score (nSPS) is 9.75. The highest BCUT2D eigenvalue weighted by Gasteiger charge is 2.19. The smallest absolute Gasteiger partial charge is 0.437 e. The molecule has 0 N–H and O–H groups in total. The SMILES string of the molecule is COC(=O)Oc1ccc(-c2ccc(OC(=O)OC)c(OC(=O)OC)c2)cc1OC(=O)OC. The van der Waals surface area contributed by atoms with E-state index in [1.807, 2.05) is 0 Å². The maximum atomic E-state index is 11.6. The van der Waals surface area contributed by atoms with Gasteiger partial charge in [0.05, 0.1) is 28.4 Å². The summed E-state index contributed by atoms with van der Waals surface area (Å²) in [5.41, 5.74) is 0.862. The molecule has 2 aromatic rings. The zero-order chi connectivity index (χ0) is 23.7. The first-order valence-corrected chi connectivity index (χ1v) is 8.63. The van der Waals surface area contributed by atoms with Crippen molar-refractivity contribution in [3.63, 3.8) is 0 Å². The van der Waals surface area contributed by atoms with Crippen LogP contribution in [0.5, 0.6) is 23.0 Å². The molecule has 0 aliphatic rings. The van der Waals surface area contributed by atoms with Crippen molar-refractivity contribution in [1.82, 2.24) is 0 Å². The van der Waals surface area contributed by atoms with Gasteiger partial charge in [-0.05, 0) is 35.4 Å². The van der Waals surface area contributed by atoms with Crippen LogP contribution in [0.25, 0.3) is 11.1 Å². The third kappa shape index (κ3) is 6.26. The molecule has 0 saturated carbocycles. The van der Waals surface area contributed by atoms with Crippen molar-refractivity contribution in [3.05, 3.63) is 36.4 Å². The third-order valence-corrected chi connectivity index (χ3v) is 3.66. The van der Waals surface area contributed by atoms with Crippen molar-refractivity contribution in [2.75, 3.05) is 28.4 Å². The molecular weight excluding hydrogens is 432 g/mol. The van der Waals surface area contributed by atoms with Crippen molar-refractivity contribution < 1.29 is 57.1 Å². The molecule has 0 spiro atoms. The maximum Gasteiger partial charge on any atom is 0.513 e. The minimum Gasteiger partial charge on any atom is -0.437 e. The van der Waals surface area contributed by atoms with Crippen molar-refractivity contribution >= 4 is 24.6 Å². The lowest BCUT2D eigenvalue weighted by Gasteiger charge is -2.13. The summed E-state index contributed by atoms with van der Waals surface area (Å²) >= 11 is 0. The molecule has 12 nitrogen and oxygen atoms in total. The molecule has 0 aromatic heterocycles. The summed E-state index contributed by atoms with van der Waals surface area (Å²) in [5, 5.41) is 0. The molecule has 0 atom stereocenters. The molecule has 0 radical (unpaired) electrons. The number of ether oxygens (including phenoxy) is 8. The van der Waals surface area contributed by atoms with Crippen LogP contribution in [0.2, 0.25) is 0 Å². The summed E-state index contributed by atoms with van der Waals surface area (Å²) in [5.74, 6) is -0.569. The van der Waals surface area contributed by atoms with Gasteiger partial charge in [0.15, 0.2) is 23.0 Å². The first-order chi connectivity index (χ1) is 15.3. The molecule has 0 heterocycles. The van der Waals surface area contributed by atoms with Crippen LogP contribution in [0, 0.1) is 0 Å². The van der Waals surface area contributed by atoms with E-state index in [2.05, 4.69) is 18.9 Å². The van der Waals surface area contributed by atoms with E-state index in [1.165, 1.54) is 36.4 Å². The molecule has 0 unspecified atom stereocenters. The molecule has 0 amide bonds. The number of hydrogen-bond acceptors (Lipinski definition) is 12. The van der Waals surface area contributed by atoms with Gasteiger partial charge in [-0.1, -0.05) is 12.1 Å². The van der Waals surface area contributed by atoms with Crippen LogP contribution >= 0.6 is 0 Å². The molecular formula is C20H18O12. The van der Waals surface area contributed by atoms with Gasteiger partial charge in [0.25, 0.3) is 0 Å². The summed E-state index contributed by atoms with van der Waals surface area (Å²) in [6.07, 6.45) is -4.20. The van der Waals surface area contributed by atoms with E-state index in [0.717, 1.165) is 28.4 Å². The number of carbonyl (C=O) groups is 4. The Morgan fingerprint density at radius 2 is 0.750 bits per heavy atom. The topological polar surface area (TPSA) is 142 Å². The second kappa shape index (κ2) is 11.1. The van der Waals surface area contributed by atoms with Gasteiger partial charge in [-0.2, -0.15) is 0 Å². The molecule has 32 heavy (non-hydrogen) atoms. The molecule has 0 bridgehead atoms. The standard InChI is InChI=1S/C20H18O12/c1-25-17(21)29-13-7-5-11(9-15(13)31-19(23)27-3)12-6-8-14(30-18(22)26-2)16(10-12)32-20(24)28-4/h5-10H,1-4H3. The van der Waals surface area contributed by atoms with Gasteiger partial charge in [-0.3, -0.25) is 0 Å². The lowest BCUT2D eigenvalue weighted by molar-refractivity contribution is 0.110. The summed E-state index contributed by atoms with van der Waals surface area (Å²) in [4.78, 5) is 46.0. The van der Waals surface area contributed by atoms with Gasteiger partial charge in [-0.25, -0.2) is 19.2 Å². The van der Waals surface area contributed by atoms with Crippen LogP contribution in [0.4, 0.5) is 19.2 Å². The second-order valence-electron chi connectivity index (χ2n) is 5.55. The van der Waals surface area contributed by atoms with Gasteiger partial charge in [0, 0.05) is 0 Å². The predicted molar refractivity (Wildman–Crippen MR) is 104 cm³/mol. The van der Waals surface area contributed by atoms with Crippen molar-refractivity contribution in [1.29, 1.82) is 0 Å². The zero-order valence-electron chi connectivity index (χ0n) is 17.4. The number of methoxy groups -OCH3 is 4. The van der Waals surface area contributed by atoms with E-state index in [9.17, 15) is 19.2 Å². The predicted octanol–water partition coefficient (Wildman–Crippen LogP) is 3.93. The summed E-state index contributed by atoms with van der Waals surface area (Å²) < 4.78 is 37.7. The van der Waals surface area contributed by atoms with Crippen molar-refractivity contribution in [3.8, 4) is 34.1 Å². The average molecular weight is 450 g/mol. The van der Waals surface area contributed by atoms with Gasteiger partial charge < -0.3 is 37.9 Å². The molecule has 0 saturated heterocycles. The fraction of sp³-hybridized carbons (Fsp3) is 0.200. The fourth-order valence-electron chi connectivity index (χ4n) is 2.23. The largest absolute Gasteiger partial charge is 0.513 e. The maximum absolute atomic E-state index is 11.6. The number of benzene rings is 2. The van der Waals surface area contributed by atoms with E-state index < -0.39 is 24.6 Å². The van der Waals surface area contributed by atoms with Gasteiger partial charge in [0.2, 0.25) is 0 Å².